The van der Waals surface area contributed by atoms with Gasteiger partial charge in [0, 0.05) is 28.5 Å². The molecule has 2 aromatic carbocycles. The highest BCUT2D eigenvalue weighted by Gasteiger charge is 2.20. The van der Waals surface area contributed by atoms with Crippen LogP contribution in [0.4, 0.5) is 11.4 Å². The molecule has 0 aliphatic heterocycles. The molecule has 152 valence electrons. The predicted molar refractivity (Wildman–Crippen MR) is 120 cm³/mol. The van der Waals surface area contributed by atoms with Crippen LogP contribution in [0.2, 0.25) is 0 Å². The first kappa shape index (κ1) is 22.0. The van der Waals surface area contributed by atoms with Crippen LogP contribution in [-0.4, -0.2) is 30.9 Å². The lowest BCUT2D eigenvalue weighted by Crippen LogP contribution is -2.41. The van der Waals surface area contributed by atoms with Crippen LogP contribution in [0.15, 0.2) is 36.4 Å². The Balaban J connectivity index is 2.13. The summed E-state index contributed by atoms with van der Waals surface area (Å²) in [7, 11) is 0. The van der Waals surface area contributed by atoms with Crippen LogP contribution in [0.1, 0.15) is 36.1 Å². The Hall–Kier alpha value is -3.30. The smallest absolute Gasteiger partial charge is 0.240 e. The van der Waals surface area contributed by atoms with Gasteiger partial charge >= 0.3 is 0 Å². The molecule has 0 saturated carbocycles. The maximum absolute atomic E-state index is 12.3. The Labute approximate surface area is 172 Å². The molecule has 0 unspecified atom stereocenters. The van der Waals surface area contributed by atoms with E-state index in [1.165, 1.54) is 0 Å². The van der Waals surface area contributed by atoms with Crippen LogP contribution >= 0.6 is 0 Å². The van der Waals surface area contributed by atoms with Gasteiger partial charge in [-0.15, -0.1) is 0 Å². The molecule has 0 radical (unpaired) electrons. The lowest BCUT2D eigenvalue weighted by molar-refractivity contribution is -0.117. The number of aryl methyl sites for hydroxylation is 2. The Bertz CT molecular complexity index is 952. The zero-order chi connectivity index (χ0) is 21.6. The molecular formula is C23H29N5O. The van der Waals surface area contributed by atoms with Crippen LogP contribution in [-0.2, 0) is 4.79 Å². The third-order valence-electron chi connectivity index (χ3n) is 4.56. The van der Waals surface area contributed by atoms with Gasteiger partial charge in [-0.05, 0) is 75.2 Å². The number of benzene rings is 2. The number of carbonyl (C=O) groups excluding carboxylic acids is 1. The van der Waals surface area contributed by atoms with Gasteiger partial charge in [0.05, 0.1) is 13.1 Å². The van der Waals surface area contributed by atoms with Crippen LogP contribution in [0.25, 0.3) is 0 Å². The number of anilines is 2. The van der Waals surface area contributed by atoms with Crippen molar-refractivity contribution in [3.05, 3.63) is 58.7 Å². The van der Waals surface area contributed by atoms with E-state index in [1.807, 2.05) is 52.0 Å². The minimum absolute atomic E-state index is 0.0166. The average Bonchev–Trinajstić information content (AvgIpc) is 2.68. The molecule has 0 spiro atoms. The lowest BCUT2D eigenvalue weighted by Gasteiger charge is -2.28. The fourth-order valence-corrected chi connectivity index (χ4v) is 3.05. The molecule has 1 amide bonds. The van der Waals surface area contributed by atoms with Crippen molar-refractivity contribution in [1.29, 1.82) is 5.41 Å². The van der Waals surface area contributed by atoms with Gasteiger partial charge in [0.2, 0.25) is 5.91 Å². The summed E-state index contributed by atoms with van der Waals surface area (Å²) in [6.07, 6.45) is 0. The second-order valence-electron chi connectivity index (χ2n) is 7.16. The van der Waals surface area contributed by atoms with E-state index in [0.29, 0.717) is 12.1 Å². The fourth-order valence-electron chi connectivity index (χ4n) is 3.05. The fraction of sp³-hybridized carbons (Fsp3) is 0.304. The number of nitrogens with two attached hydrogens (primary N) is 2. The quantitative estimate of drug-likeness (QED) is 0.345. The first-order chi connectivity index (χ1) is 13.7. The summed E-state index contributed by atoms with van der Waals surface area (Å²) < 4.78 is 0. The molecule has 0 atom stereocenters. The number of rotatable bonds is 6. The molecule has 0 saturated heterocycles. The largest absolute Gasteiger partial charge is 0.384 e. The number of nitrogens with zero attached hydrogens (tertiary/aromatic N) is 1. The Morgan fingerprint density at radius 1 is 1.17 bits per heavy atom. The maximum atomic E-state index is 12.3. The standard InChI is InChI=1S/C23H29N5O/c1-15(2)28(22(29)14-24)21-13-16(3)19(12-17(21)4)6-5-11-27-20-9-7-18(8-10-20)23(25)26/h7-10,12-13,15,27H,11,14,24H2,1-4H3,(H3,25,26). The van der Waals surface area contributed by atoms with E-state index in [9.17, 15) is 4.79 Å². The van der Waals surface area contributed by atoms with Gasteiger partial charge in [0.15, 0.2) is 0 Å². The Kier molecular flexibility index (Phi) is 7.40. The summed E-state index contributed by atoms with van der Waals surface area (Å²) >= 11 is 0. The number of hydrogen-bond donors (Lipinski definition) is 4. The van der Waals surface area contributed by atoms with Crippen LogP contribution in [0.3, 0.4) is 0 Å². The molecule has 0 aliphatic carbocycles. The van der Waals surface area contributed by atoms with Crippen molar-refractivity contribution in [1.82, 2.24) is 0 Å². The second-order valence-corrected chi connectivity index (χ2v) is 7.16. The topological polar surface area (TPSA) is 108 Å². The molecule has 2 rings (SSSR count). The van der Waals surface area contributed by atoms with E-state index in [4.69, 9.17) is 16.9 Å². The highest BCUT2D eigenvalue weighted by atomic mass is 16.2. The van der Waals surface area contributed by atoms with Crippen molar-refractivity contribution in [2.24, 2.45) is 11.5 Å². The number of amidine groups is 1. The van der Waals surface area contributed by atoms with E-state index in [-0.39, 0.29) is 24.3 Å². The van der Waals surface area contributed by atoms with Crippen molar-refractivity contribution in [2.75, 3.05) is 23.3 Å². The van der Waals surface area contributed by atoms with Crippen molar-refractivity contribution in [2.45, 2.75) is 33.7 Å². The maximum Gasteiger partial charge on any atom is 0.240 e. The number of nitrogens with one attached hydrogen (secondary N) is 2. The monoisotopic (exact) mass is 391 g/mol. The number of nitrogen functional groups attached to an aromatic ring is 1. The van der Waals surface area contributed by atoms with Gasteiger partial charge in [-0.25, -0.2) is 0 Å². The molecule has 29 heavy (non-hydrogen) atoms. The molecule has 2 aromatic rings. The number of hydrogen-bond acceptors (Lipinski definition) is 4. The molecule has 0 aliphatic rings. The Morgan fingerprint density at radius 2 is 1.83 bits per heavy atom. The first-order valence-corrected chi connectivity index (χ1v) is 9.55. The highest BCUT2D eigenvalue weighted by molar-refractivity contribution is 5.96. The van der Waals surface area contributed by atoms with Crippen LogP contribution in [0, 0.1) is 31.1 Å². The Morgan fingerprint density at radius 3 is 2.38 bits per heavy atom. The molecule has 0 heterocycles. The predicted octanol–water partition coefficient (Wildman–Crippen LogP) is 2.75. The molecule has 0 bridgehead atoms. The van der Waals surface area contributed by atoms with Gasteiger partial charge in [-0.3, -0.25) is 10.2 Å². The first-order valence-electron chi connectivity index (χ1n) is 9.55. The lowest BCUT2D eigenvalue weighted by atomic mass is 10.0. The zero-order valence-electron chi connectivity index (χ0n) is 17.5. The SMILES string of the molecule is Cc1cc(N(C(=O)CN)C(C)C)c(C)cc1C#CCNc1ccc(C(=N)N)cc1. The van der Waals surface area contributed by atoms with Crippen LogP contribution < -0.4 is 21.7 Å². The van der Waals surface area contributed by atoms with E-state index in [2.05, 4.69) is 17.2 Å². The van der Waals surface area contributed by atoms with Crippen LogP contribution in [0.5, 0.6) is 0 Å². The summed E-state index contributed by atoms with van der Waals surface area (Å²) in [6, 6.07) is 11.4. The van der Waals surface area contributed by atoms with Crippen molar-refractivity contribution >= 4 is 23.1 Å². The van der Waals surface area contributed by atoms with E-state index >= 15 is 0 Å². The van der Waals surface area contributed by atoms with Gasteiger partial charge in [-0.1, -0.05) is 11.8 Å². The minimum Gasteiger partial charge on any atom is -0.384 e. The molecule has 6 nitrogen and oxygen atoms in total. The number of amides is 1. The highest BCUT2D eigenvalue weighted by Crippen LogP contribution is 2.26. The molecule has 6 N–H and O–H groups in total. The van der Waals surface area contributed by atoms with E-state index in [0.717, 1.165) is 28.1 Å². The third kappa shape index (κ3) is 5.59. The van der Waals surface area contributed by atoms with Crippen molar-refractivity contribution in [3.8, 4) is 11.8 Å². The average molecular weight is 392 g/mol. The van der Waals surface area contributed by atoms with Gasteiger partial charge < -0.3 is 21.7 Å². The molecule has 0 aromatic heterocycles. The van der Waals surface area contributed by atoms with E-state index < -0.39 is 0 Å². The molecular weight excluding hydrogens is 362 g/mol. The summed E-state index contributed by atoms with van der Waals surface area (Å²) in [4.78, 5) is 14.0. The summed E-state index contributed by atoms with van der Waals surface area (Å²) in [6.45, 7) is 8.40. The van der Waals surface area contributed by atoms with Crippen molar-refractivity contribution in [3.63, 3.8) is 0 Å². The summed E-state index contributed by atoms with van der Waals surface area (Å²) in [5, 5.41) is 10.6. The third-order valence-corrected chi connectivity index (χ3v) is 4.56. The summed E-state index contributed by atoms with van der Waals surface area (Å²) in [5.74, 6) is 6.28. The summed E-state index contributed by atoms with van der Waals surface area (Å²) in [5.41, 5.74) is 16.5. The van der Waals surface area contributed by atoms with Gasteiger partial charge in [-0.2, -0.15) is 0 Å². The molecule has 6 heteroatoms. The number of carbonyl (C=O) groups is 1. The zero-order valence-corrected chi connectivity index (χ0v) is 17.5. The minimum atomic E-state index is -0.0960. The van der Waals surface area contributed by atoms with E-state index in [1.54, 1.807) is 17.0 Å². The molecule has 0 fully saturated rings. The van der Waals surface area contributed by atoms with Gasteiger partial charge in [0.1, 0.15) is 5.84 Å². The van der Waals surface area contributed by atoms with Crippen molar-refractivity contribution < 1.29 is 4.79 Å². The van der Waals surface area contributed by atoms with Gasteiger partial charge in [0.25, 0.3) is 0 Å². The second kappa shape index (κ2) is 9.76. The normalized spacial score (nSPS) is 10.3.